The molecule has 4 heteroatoms. The maximum absolute atomic E-state index is 3.39. The molecule has 0 amide bonds. The Bertz CT molecular complexity index is 246. The average molecular weight is 256 g/mol. The fraction of sp³-hybridized carbons (Fsp3) is 0.500. The smallest absolute Gasteiger partial charge is 0.0341 e. The molecule has 0 aliphatic heterocycles. The van der Waals surface area contributed by atoms with E-state index in [1.54, 1.807) is 0 Å². The second-order valence-corrected chi connectivity index (χ2v) is 5.39. The third-order valence-electron chi connectivity index (χ3n) is 2.16. The Morgan fingerprint density at radius 3 is 1.50 bits per heavy atom. The molecule has 0 bridgehead atoms. The molecule has 0 saturated heterocycles. The number of rotatable bonds is 8. The lowest BCUT2D eigenvalue weighted by molar-refractivity contribution is 1.22. The van der Waals surface area contributed by atoms with Crippen molar-refractivity contribution in [1.29, 1.82) is 0 Å². The van der Waals surface area contributed by atoms with E-state index in [0.29, 0.717) is 0 Å². The molecule has 1 aromatic rings. The molecule has 0 radical (unpaired) electrons. The van der Waals surface area contributed by atoms with Crippen LogP contribution in [0.5, 0.6) is 0 Å². The molecule has 1 aromatic carbocycles. The Hall–Kier alpha value is -0.480. The summed E-state index contributed by atoms with van der Waals surface area (Å²) in [6, 6.07) is 8.51. The van der Waals surface area contributed by atoms with E-state index < -0.39 is 0 Å². The standard InChI is InChI=1S/C12H20N2S2/c1-15-9-7-13-11-3-5-12(6-4-11)14-8-10-16-2/h3-6,13-14H,7-10H2,1-2H3. The van der Waals surface area contributed by atoms with Gasteiger partial charge in [-0.15, -0.1) is 0 Å². The molecule has 90 valence electrons. The molecule has 0 saturated carbocycles. The monoisotopic (exact) mass is 256 g/mol. The molecule has 0 aliphatic rings. The normalized spacial score (nSPS) is 10.1. The van der Waals surface area contributed by atoms with Crippen LogP contribution in [-0.2, 0) is 0 Å². The molecule has 0 fully saturated rings. The van der Waals surface area contributed by atoms with Crippen molar-refractivity contribution >= 4 is 34.9 Å². The third kappa shape index (κ3) is 5.56. The van der Waals surface area contributed by atoms with Crippen LogP contribution in [0.3, 0.4) is 0 Å². The zero-order valence-electron chi connectivity index (χ0n) is 9.95. The van der Waals surface area contributed by atoms with Crippen LogP contribution in [0.1, 0.15) is 0 Å². The van der Waals surface area contributed by atoms with Crippen LogP contribution in [0.4, 0.5) is 11.4 Å². The van der Waals surface area contributed by atoms with Crippen molar-refractivity contribution < 1.29 is 0 Å². The highest BCUT2D eigenvalue weighted by Crippen LogP contribution is 2.13. The van der Waals surface area contributed by atoms with Gasteiger partial charge in [-0.05, 0) is 36.8 Å². The van der Waals surface area contributed by atoms with Gasteiger partial charge >= 0.3 is 0 Å². The van der Waals surface area contributed by atoms with Gasteiger partial charge in [-0.2, -0.15) is 23.5 Å². The first-order valence-electron chi connectivity index (χ1n) is 5.42. The third-order valence-corrected chi connectivity index (χ3v) is 3.38. The highest BCUT2D eigenvalue weighted by molar-refractivity contribution is 7.98. The number of hydrogen-bond donors (Lipinski definition) is 2. The van der Waals surface area contributed by atoms with E-state index in [4.69, 9.17) is 0 Å². The number of nitrogens with one attached hydrogen (secondary N) is 2. The van der Waals surface area contributed by atoms with Gasteiger partial charge in [0, 0.05) is 36.0 Å². The quantitative estimate of drug-likeness (QED) is 0.697. The van der Waals surface area contributed by atoms with E-state index in [-0.39, 0.29) is 0 Å². The molecule has 0 unspecified atom stereocenters. The zero-order chi connectivity index (χ0) is 11.6. The van der Waals surface area contributed by atoms with E-state index >= 15 is 0 Å². The van der Waals surface area contributed by atoms with Gasteiger partial charge in [0.2, 0.25) is 0 Å². The predicted octanol–water partition coefficient (Wildman–Crippen LogP) is 3.24. The van der Waals surface area contributed by atoms with Gasteiger partial charge in [-0.25, -0.2) is 0 Å². The van der Waals surface area contributed by atoms with Gasteiger partial charge in [0.25, 0.3) is 0 Å². The Balaban J connectivity index is 2.30. The van der Waals surface area contributed by atoms with Crippen molar-refractivity contribution in [3.8, 4) is 0 Å². The van der Waals surface area contributed by atoms with E-state index in [2.05, 4.69) is 47.4 Å². The van der Waals surface area contributed by atoms with Gasteiger partial charge in [-0.3, -0.25) is 0 Å². The van der Waals surface area contributed by atoms with Crippen LogP contribution >= 0.6 is 23.5 Å². The summed E-state index contributed by atoms with van der Waals surface area (Å²) in [7, 11) is 0. The van der Waals surface area contributed by atoms with Crippen molar-refractivity contribution in [3.05, 3.63) is 24.3 Å². The van der Waals surface area contributed by atoms with Crippen LogP contribution in [0.15, 0.2) is 24.3 Å². The molecule has 2 nitrogen and oxygen atoms in total. The first-order valence-corrected chi connectivity index (χ1v) is 8.21. The zero-order valence-corrected chi connectivity index (χ0v) is 11.6. The minimum Gasteiger partial charge on any atom is -0.384 e. The van der Waals surface area contributed by atoms with Gasteiger partial charge in [0.15, 0.2) is 0 Å². The minimum absolute atomic E-state index is 1.03. The molecular weight excluding hydrogens is 236 g/mol. The minimum atomic E-state index is 1.03. The molecule has 2 N–H and O–H groups in total. The Morgan fingerprint density at radius 2 is 1.19 bits per heavy atom. The molecule has 0 aromatic heterocycles. The summed E-state index contributed by atoms with van der Waals surface area (Å²) in [5.41, 5.74) is 2.40. The van der Waals surface area contributed by atoms with Gasteiger partial charge < -0.3 is 10.6 Å². The Labute approximate surface area is 107 Å². The summed E-state index contributed by atoms with van der Waals surface area (Å²) >= 11 is 3.72. The maximum atomic E-state index is 3.39. The van der Waals surface area contributed by atoms with E-state index in [9.17, 15) is 0 Å². The summed E-state index contributed by atoms with van der Waals surface area (Å²) in [4.78, 5) is 0. The molecule has 0 aliphatic carbocycles. The predicted molar refractivity (Wildman–Crippen MR) is 80.2 cm³/mol. The Morgan fingerprint density at radius 1 is 0.812 bits per heavy atom. The van der Waals surface area contributed by atoms with E-state index in [0.717, 1.165) is 24.6 Å². The fourth-order valence-electron chi connectivity index (χ4n) is 1.30. The topological polar surface area (TPSA) is 24.1 Å². The first kappa shape index (κ1) is 13.6. The maximum Gasteiger partial charge on any atom is 0.0341 e. The molecule has 0 heterocycles. The van der Waals surface area contributed by atoms with Crippen molar-refractivity contribution in [2.24, 2.45) is 0 Å². The summed E-state index contributed by atoms with van der Waals surface area (Å²) in [6.45, 7) is 2.06. The van der Waals surface area contributed by atoms with Crippen molar-refractivity contribution in [3.63, 3.8) is 0 Å². The summed E-state index contributed by atoms with van der Waals surface area (Å²) in [5.74, 6) is 2.29. The van der Waals surface area contributed by atoms with E-state index in [1.807, 2.05) is 23.5 Å². The lowest BCUT2D eigenvalue weighted by Gasteiger charge is -2.08. The van der Waals surface area contributed by atoms with Crippen LogP contribution in [-0.4, -0.2) is 37.1 Å². The van der Waals surface area contributed by atoms with Crippen LogP contribution in [0, 0.1) is 0 Å². The molecule has 0 spiro atoms. The van der Waals surface area contributed by atoms with Gasteiger partial charge in [0.1, 0.15) is 0 Å². The van der Waals surface area contributed by atoms with E-state index in [1.165, 1.54) is 11.4 Å². The highest BCUT2D eigenvalue weighted by Gasteiger charge is 1.93. The Kier molecular flexibility index (Phi) is 7.34. The van der Waals surface area contributed by atoms with Crippen molar-refractivity contribution in [2.75, 3.05) is 47.7 Å². The average Bonchev–Trinajstić information content (AvgIpc) is 2.32. The van der Waals surface area contributed by atoms with Crippen molar-refractivity contribution in [1.82, 2.24) is 0 Å². The molecule has 1 rings (SSSR count). The SMILES string of the molecule is CSCCNc1ccc(NCCSC)cc1. The van der Waals surface area contributed by atoms with Crippen molar-refractivity contribution in [2.45, 2.75) is 0 Å². The summed E-state index contributed by atoms with van der Waals surface area (Å²) in [5, 5.41) is 6.77. The molecule has 16 heavy (non-hydrogen) atoms. The lowest BCUT2D eigenvalue weighted by Crippen LogP contribution is -2.05. The van der Waals surface area contributed by atoms with Gasteiger partial charge in [-0.1, -0.05) is 0 Å². The molecular formula is C12H20N2S2. The van der Waals surface area contributed by atoms with Gasteiger partial charge in [0.05, 0.1) is 0 Å². The van der Waals surface area contributed by atoms with Crippen LogP contribution in [0.2, 0.25) is 0 Å². The molecule has 0 atom stereocenters. The number of hydrogen-bond acceptors (Lipinski definition) is 4. The highest BCUT2D eigenvalue weighted by atomic mass is 32.2. The van der Waals surface area contributed by atoms with Crippen LogP contribution < -0.4 is 10.6 Å². The number of anilines is 2. The van der Waals surface area contributed by atoms with Crippen LogP contribution in [0.25, 0.3) is 0 Å². The fourth-order valence-corrected chi connectivity index (χ4v) is 1.91. The summed E-state index contributed by atoms with van der Waals surface area (Å²) in [6.07, 6.45) is 4.25. The lowest BCUT2D eigenvalue weighted by atomic mass is 10.3. The largest absolute Gasteiger partial charge is 0.384 e. The second kappa shape index (κ2) is 8.65. The second-order valence-electron chi connectivity index (χ2n) is 3.42. The summed E-state index contributed by atoms with van der Waals surface area (Å²) < 4.78 is 0. The number of thioether (sulfide) groups is 2. The number of benzene rings is 1. The first-order chi connectivity index (χ1) is 7.86.